The zero-order valence-corrected chi connectivity index (χ0v) is 16.7. The first-order valence-electron chi connectivity index (χ1n) is 7.96. The van der Waals surface area contributed by atoms with Crippen molar-refractivity contribution in [2.45, 2.75) is 19.0 Å². The lowest BCUT2D eigenvalue weighted by atomic mass is 10.1. The monoisotopic (exact) mass is 431 g/mol. The van der Waals surface area contributed by atoms with Gasteiger partial charge >= 0.3 is 0 Å². The number of nitrogens with zero attached hydrogens (tertiary/aromatic N) is 1. The normalized spacial score (nSPS) is 18.7. The number of sulfone groups is 1. The Bertz CT molecular complexity index is 929. The Morgan fingerprint density at radius 2 is 1.69 bits per heavy atom. The molecule has 1 atom stereocenters. The van der Waals surface area contributed by atoms with Crippen molar-refractivity contribution in [3.63, 3.8) is 0 Å². The number of rotatable bonds is 4. The van der Waals surface area contributed by atoms with Gasteiger partial charge in [0.05, 0.1) is 22.1 Å². The SMILES string of the molecule is O=C(c1ccc(Cl)cc1Cl)N(Cc1ccc(Cl)cc1)C1CCS(=O)(=O)C1. The van der Waals surface area contributed by atoms with E-state index in [9.17, 15) is 13.2 Å². The third kappa shape index (κ3) is 4.52. The molecule has 0 aromatic heterocycles. The van der Waals surface area contributed by atoms with Gasteiger partial charge in [0, 0.05) is 22.6 Å². The number of benzene rings is 2. The Morgan fingerprint density at radius 1 is 1.04 bits per heavy atom. The lowest BCUT2D eigenvalue weighted by Crippen LogP contribution is -2.40. The Labute approximate surface area is 167 Å². The smallest absolute Gasteiger partial charge is 0.255 e. The summed E-state index contributed by atoms with van der Waals surface area (Å²) in [6.45, 7) is 0.273. The van der Waals surface area contributed by atoms with E-state index in [0.29, 0.717) is 22.0 Å². The molecule has 2 aromatic carbocycles. The lowest BCUT2D eigenvalue weighted by molar-refractivity contribution is 0.0681. The molecule has 1 unspecified atom stereocenters. The summed E-state index contributed by atoms with van der Waals surface area (Å²) in [7, 11) is -3.14. The van der Waals surface area contributed by atoms with Gasteiger partial charge < -0.3 is 4.90 Å². The van der Waals surface area contributed by atoms with E-state index in [4.69, 9.17) is 34.8 Å². The predicted molar refractivity (Wildman–Crippen MR) is 105 cm³/mol. The predicted octanol–water partition coefficient (Wildman–Crippen LogP) is 4.48. The molecule has 0 bridgehead atoms. The zero-order chi connectivity index (χ0) is 18.9. The molecule has 1 amide bonds. The lowest BCUT2D eigenvalue weighted by Gasteiger charge is -2.29. The summed E-state index contributed by atoms with van der Waals surface area (Å²) >= 11 is 18.0. The van der Waals surface area contributed by atoms with Crippen LogP contribution >= 0.6 is 34.8 Å². The molecule has 1 fully saturated rings. The molecule has 1 saturated heterocycles. The zero-order valence-electron chi connectivity index (χ0n) is 13.7. The van der Waals surface area contributed by atoms with Crippen molar-refractivity contribution >= 4 is 50.5 Å². The Kier molecular flexibility index (Phi) is 5.82. The summed E-state index contributed by atoms with van der Waals surface area (Å²) < 4.78 is 23.8. The second-order valence-electron chi connectivity index (χ2n) is 6.24. The quantitative estimate of drug-likeness (QED) is 0.716. The summed E-state index contributed by atoms with van der Waals surface area (Å²) in [5.41, 5.74) is 1.16. The first-order valence-corrected chi connectivity index (χ1v) is 10.9. The minimum atomic E-state index is -3.14. The number of hydrogen-bond donors (Lipinski definition) is 0. The molecule has 0 spiro atoms. The minimum Gasteiger partial charge on any atom is -0.330 e. The van der Waals surface area contributed by atoms with Crippen LogP contribution in [0.25, 0.3) is 0 Å². The summed E-state index contributed by atoms with van der Waals surface area (Å²) in [5.74, 6) is -0.280. The molecule has 0 N–H and O–H groups in total. The van der Waals surface area contributed by atoms with Crippen LogP contribution in [0, 0.1) is 0 Å². The van der Waals surface area contributed by atoms with Gasteiger partial charge in [-0.15, -0.1) is 0 Å². The number of hydrogen-bond acceptors (Lipinski definition) is 3. The molecule has 3 rings (SSSR count). The minimum absolute atomic E-state index is 0.0441. The molecule has 0 saturated carbocycles. The van der Waals surface area contributed by atoms with Gasteiger partial charge in [-0.3, -0.25) is 4.79 Å². The van der Waals surface area contributed by atoms with Gasteiger partial charge in [0.1, 0.15) is 0 Å². The third-order valence-corrected chi connectivity index (χ3v) is 6.89. The van der Waals surface area contributed by atoms with E-state index in [2.05, 4.69) is 0 Å². The van der Waals surface area contributed by atoms with Crippen LogP contribution in [0.15, 0.2) is 42.5 Å². The fourth-order valence-corrected chi connectivity index (χ4v) is 5.34. The summed E-state index contributed by atoms with van der Waals surface area (Å²) in [4.78, 5) is 14.7. The van der Waals surface area contributed by atoms with Crippen molar-refractivity contribution < 1.29 is 13.2 Å². The Balaban J connectivity index is 1.94. The van der Waals surface area contributed by atoms with Gasteiger partial charge in [-0.25, -0.2) is 8.42 Å². The number of carbonyl (C=O) groups excluding carboxylic acids is 1. The van der Waals surface area contributed by atoms with Gasteiger partial charge in [-0.05, 0) is 42.3 Å². The van der Waals surface area contributed by atoms with Crippen molar-refractivity contribution in [2.24, 2.45) is 0 Å². The highest BCUT2D eigenvalue weighted by Crippen LogP contribution is 2.27. The topological polar surface area (TPSA) is 54.5 Å². The summed E-state index contributed by atoms with van der Waals surface area (Å²) in [5, 5.41) is 1.26. The molecule has 0 radical (unpaired) electrons. The largest absolute Gasteiger partial charge is 0.330 e. The molecule has 8 heteroatoms. The molecule has 1 aliphatic rings. The Morgan fingerprint density at radius 3 is 2.27 bits per heavy atom. The first kappa shape index (κ1) is 19.5. The molecule has 1 aliphatic heterocycles. The van der Waals surface area contributed by atoms with Gasteiger partial charge in [0.15, 0.2) is 9.84 Å². The van der Waals surface area contributed by atoms with E-state index in [1.54, 1.807) is 29.2 Å². The van der Waals surface area contributed by atoms with E-state index in [1.807, 2.05) is 12.1 Å². The Hall–Kier alpha value is -1.27. The molecule has 0 aliphatic carbocycles. The second kappa shape index (κ2) is 7.77. The van der Waals surface area contributed by atoms with Crippen LogP contribution in [-0.4, -0.2) is 36.8 Å². The van der Waals surface area contributed by atoms with E-state index in [1.165, 1.54) is 6.07 Å². The molecule has 4 nitrogen and oxygen atoms in total. The second-order valence-corrected chi connectivity index (χ2v) is 9.75. The third-order valence-electron chi connectivity index (χ3n) is 4.34. The molecule has 1 heterocycles. The van der Waals surface area contributed by atoms with Gasteiger partial charge in [0.25, 0.3) is 5.91 Å². The fourth-order valence-electron chi connectivity index (χ4n) is 2.99. The van der Waals surface area contributed by atoms with Crippen molar-refractivity contribution in [3.05, 3.63) is 68.7 Å². The number of halogens is 3. The number of carbonyl (C=O) groups is 1. The molecule has 138 valence electrons. The highest BCUT2D eigenvalue weighted by Gasteiger charge is 2.35. The summed E-state index contributed by atoms with van der Waals surface area (Å²) in [6.07, 6.45) is 0.410. The molecular weight excluding hydrogens is 417 g/mol. The van der Waals surface area contributed by atoms with E-state index in [0.717, 1.165) is 5.56 Å². The number of amides is 1. The maximum Gasteiger partial charge on any atom is 0.255 e. The first-order chi connectivity index (χ1) is 12.2. The van der Waals surface area contributed by atoms with Crippen molar-refractivity contribution in [1.29, 1.82) is 0 Å². The molecule has 26 heavy (non-hydrogen) atoms. The van der Waals surface area contributed by atoms with Gasteiger partial charge in [-0.1, -0.05) is 46.9 Å². The van der Waals surface area contributed by atoms with E-state index >= 15 is 0 Å². The van der Waals surface area contributed by atoms with Crippen LogP contribution < -0.4 is 0 Å². The summed E-state index contributed by atoms with van der Waals surface area (Å²) in [6, 6.07) is 11.4. The van der Waals surface area contributed by atoms with Gasteiger partial charge in [0.2, 0.25) is 0 Å². The average Bonchev–Trinajstić information content (AvgIpc) is 2.93. The van der Waals surface area contributed by atoms with Gasteiger partial charge in [-0.2, -0.15) is 0 Å². The standard InChI is InChI=1S/C18H16Cl3NO3S/c19-13-3-1-12(2-4-13)10-22(15-7-8-26(24,25)11-15)18(23)16-6-5-14(20)9-17(16)21/h1-6,9,15H,7-8,10-11H2. The van der Waals surface area contributed by atoms with Crippen LogP contribution in [0.5, 0.6) is 0 Å². The van der Waals surface area contributed by atoms with Crippen LogP contribution in [-0.2, 0) is 16.4 Å². The maximum absolute atomic E-state index is 13.1. The van der Waals surface area contributed by atoms with E-state index in [-0.39, 0.29) is 29.0 Å². The van der Waals surface area contributed by atoms with E-state index < -0.39 is 15.9 Å². The van der Waals surface area contributed by atoms with Crippen LogP contribution in [0.2, 0.25) is 15.1 Å². The molecule has 2 aromatic rings. The highest BCUT2D eigenvalue weighted by atomic mass is 35.5. The maximum atomic E-state index is 13.1. The van der Waals surface area contributed by atoms with Crippen molar-refractivity contribution in [3.8, 4) is 0 Å². The molecular formula is C18H16Cl3NO3S. The average molecular weight is 433 g/mol. The van der Waals surface area contributed by atoms with Crippen molar-refractivity contribution in [2.75, 3.05) is 11.5 Å². The van der Waals surface area contributed by atoms with Crippen LogP contribution in [0.4, 0.5) is 0 Å². The highest BCUT2D eigenvalue weighted by molar-refractivity contribution is 7.91. The van der Waals surface area contributed by atoms with Crippen molar-refractivity contribution in [1.82, 2.24) is 4.90 Å². The fraction of sp³-hybridized carbons (Fsp3) is 0.278. The van der Waals surface area contributed by atoms with Crippen LogP contribution in [0.3, 0.4) is 0 Å². The van der Waals surface area contributed by atoms with Crippen LogP contribution in [0.1, 0.15) is 22.3 Å².